The number of benzene rings is 1. The molecule has 4 heteroatoms. The predicted octanol–water partition coefficient (Wildman–Crippen LogP) is 3.26. The second-order valence-corrected chi connectivity index (χ2v) is 5.03. The second kappa shape index (κ2) is 5.89. The van der Waals surface area contributed by atoms with Crippen LogP contribution in [0.1, 0.15) is 18.5 Å². The first kappa shape index (κ1) is 12.9. The Kier molecular flexibility index (Phi) is 4.23. The molecule has 0 fully saturated rings. The SMILES string of the molecule is COc1ccc(Sc2ncccc2[C@@H](C)N)cc1. The zero-order chi connectivity index (χ0) is 13.0. The molecule has 0 unspecified atom stereocenters. The molecule has 2 rings (SSSR count). The predicted molar refractivity (Wildman–Crippen MR) is 74.0 cm³/mol. The Morgan fingerprint density at radius 1 is 1.22 bits per heavy atom. The van der Waals surface area contributed by atoms with Crippen molar-refractivity contribution in [3.63, 3.8) is 0 Å². The van der Waals surface area contributed by atoms with Crippen molar-refractivity contribution in [1.82, 2.24) is 4.98 Å². The van der Waals surface area contributed by atoms with Crippen LogP contribution in [0.5, 0.6) is 5.75 Å². The zero-order valence-electron chi connectivity index (χ0n) is 10.5. The number of aromatic nitrogens is 1. The van der Waals surface area contributed by atoms with Crippen LogP contribution in [0.15, 0.2) is 52.5 Å². The third-order valence-electron chi connectivity index (χ3n) is 2.57. The molecule has 0 radical (unpaired) electrons. The lowest BCUT2D eigenvalue weighted by Gasteiger charge is -2.10. The smallest absolute Gasteiger partial charge is 0.118 e. The lowest BCUT2D eigenvalue weighted by atomic mass is 10.2. The summed E-state index contributed by atoms with van der Waals surface area (Å²) in [5.41, 5.74) is 7.01. The maximum absolute atomic E-state index is 5.94. The summed E-state index contributed by atoms with van der Waals surface area (Å²) in [6.45, 7) is 1.97. The van der Waals surface area contributed by atoms with Gasteiger partial charge in [0.25, 0.3) is 0 Å². The highest BCUT2D eigenvalue weighted by Crippen LogP contribution is 2.31. The van der Waals surface area contributed by atoms with Crippen molar-refractivity contribution in [2.75, 3.05) is 7.11 Å². The van der Waals surface area contributed by atoms with Crippen LogP contribution in [-0.2, 0) is 0 Å². The molecule has 1 aromatic carbocycles. The van der Waals surface area contributed by atoms with E-state index in [1.165, 1.54) is 0 Å². The first-order valence-electron chi connectivity index (χ1n) is 5.73. The molecule has 2 N–H and O–H groups in total. The number of rotatable bonds is 4. The summed E-state index contributed by atoms with van der Waals surface area (Å²) in [6, 6.07) is 11.8. The highest BCUT2D eigenvalue weighted by molar-refractivity contribution is 7.99. The van der Waals surface area contributed by atoms with E-state index in [-0.39, 0.29) is 6.04 Å². The van der Waals surface area contributed by atoms with Gasteiger partial charge >= 0.3 is 0 Å². The molecule has 0 bridgehead atoms. The van der Waals surface area contributed by atoms with Gasteiger partial charge in [-0.1, -0.05) is 17.8 Å². The quantitative estimate of drug-likeness (QED) is 0.916. The summed E-state index contributed by atoms with van der Waals surface area (Å²) >= 11 is 1.62. The average Bonchev–Trinajstić information content (AvgIpc) is 2.40. The number of ether oxygens (including phenoxy) is 1. The van der Waals surface area contributed by atoms with Crippen molar-refractivity contribution >= 4 is 11.8 Å². The van der Waals surface area contributed by atoms with E-state index in [0.717, 1.165) is 21.2 Å². The number of nitrogens with zero attached hydrogens (tertiary/aromatic N) is 1. The second-order valence-electron chi connectivity index (χ2n) is 3.96. The van der Waals surface area contributed by atoms with Crippen molar-refractivity contribution in [1.29, 1.82) is 0 Å². The molecule has 0 aliphatic heterocycles. The van der Waals surface area contributed by atoms with Crippen LogP contribution in [-0.4, -0.2) is 12.1 Å². The summed E-state index contributed by atoms with van der Waals surface area (Å²) in [5.74, 6) is 0.854. The first-order chi connectivity index (χ1) is 8.70. The van der Waals surface area contributed by atoms with Crippen molar-refractivity contribution in [3.05, 3.63) is 48.2 Å². The van der Waals surface area contributed by atoms with Gasteiger partial charge in [-0.25, -0.2) is 4.98 Å². The topological polar surface area (TPSA) is 48.1 Å². The van der Waals surface area contributed by atoms with Gasteiger partial charge in [-0.2, -0.15) is 0 Å². The Morgan fingerprint density at radius 3 is 2.56 bits per heavy atom. The molecule has 1 heterocycles. The molecule has 0 amide bonds. The van der Waals surface area contributed by atoms with Gasteiger partial charge in [-0.05, 0) is 37.3 Å². The molecule has 0 aliphatic carbocycles. The van der Waals surface area contributed by atoms with Crippen molar-refractivity contribution in [3.8, 4) is 5.75 Å². The first-order valence-corrected chi connectivity index (χ1v) is 6.54. The maximum atomic E-state index is 5.94. The van der Waals surface area contributed by atoms with Gasteiger partial charge in [0.2, 0.25) is 0 Å². The zero-order valence-corrected chi connectivity index (χ0v) is 11.3. The highest BCUT2D eigenvalue weighted by Gasteiger charge is 2.09. The molecule has 94 valence electrons. The number of pyridine rings is 1. The fraction of sp³-hybridized carbons (Fsp3) is 0.214. The molecule has 2 aromatic rings. The van der Waals surface area contributed by atoms with Gasteiger partial charge in [-0.3, -0.25) is 0 Å². The van der Waals surface area contributed by atoms with E-state index in [0.29, 0.717) is 0 Å². The van der Waals surface area contributed by atoms with Crippen LogP contribution >= 0.6 is 11.8 Å². The van der Waals surface area contributed by atoms with Gasteiger partial charge in [0.1, 0.15) is 10.8 Å². The highest BCUT2D eigenvalue weighted by atomic mass is 32.2. The molecule has 3 nitrogen and oxygen atoms in total. The Morgan fingerprint density at radius 2 is 1.94 bits per heavy atom. The van der Waals surface area contributed by atoms with E-state index in [4.69, 9.17) is 10.5 Å². The minimum absolute atomic E-state index is 0.0144. The van der Waals surface area contributed by atoms with E-state index in [1.807, 2.05) is 43.3 Å². The lowest BCUT2D eigenvalue weighted by molar-refractivity contribution is 0.414. The Bertz CT molecular complexity index is 511. The molecule has 0 spiro atoms. The average molecular weight is 260 g/mol. The minimum atomic E-state index is -0.0144. The monoisotopic (exact) mass is 260 g/mol. The number of methoxy groups -OCH3 is 1. The number of nitrogens with two attached hydrogens (primary N) is 1. The van der Waals surface area contributed by atoms with Gasteiger partial charge in [0.05, 0.1) is 7.11 Å². The van der Waals surface area contributed by atoms with Crippen LogP contribution < -0.4 is 10.5 Å². The summed E-state index contributed by atoms with van der Waals surface area (Å²) in [4.78, 5) is 5.51. The van der Waals surface area contributed by atoms with E-state index in [1.54, 1.807) is 25.1 Å². The Labute approximate surface area is 111 Å². The standard InChI is InChI=1S/C14H16N2OS/c1-10(15)13-4-3-9-16-14(13)18-12-7-5-11(17-2)6-8-12/h3-10H,15H2,1-2H3/t10-/m1/s1. The van der Waals surface area contributed by atoms with Gasteiger partial charge in [-0.15, -0.1) is 0 Å². The summed E-state index contributed by atoms with van der Waals surface area (Å²) in [7, 11) is 1.66. The molecule has 0 aliphatic rings. The third kappa shape index (κ3) is 3.03. The Balaban J connectivity index is 2.22. The number of hydrogen-bond acceptors (Lipinski definition) is 4. The Hall–Kier alpha value is -1.52. The summed E-state index contributed by atoms with van der Waals surface area (Å²) < 4.78 is 5.14. The fourth-order valence-corrected chi connectivity index (χ4v) is 2.57. The molecular weight excluding hydrogens is 244 g/mol. The summed E-state index contributed by atoms with van der Waals surface area (Å²) in [5, 5.41) is 0.956. The van der Waals surface area contributed by atoms with Crippen molar-refractivity contribution in [2.45, 2.75) is 22.9 Å². The minimum Gasteiger partial charge on any atom is -0.497 e. The summed E-state index contributed by atoms with van der Waals surface area (Å²) in [6.07, 6.45) is 1.79. The van der Waals surface area contributed by atoms with E-state index in [9.17, 15) is 0 Å². The molecule has 18 heavy (non-hydrogen) atoms. The molecular formula is C14H16N2OS. The lowest BCUT2D eigenvalue weighted by Crippen LogP contribution is -2.07. The third-order valence-corrected chi connectivity index (χ3v) is 3.61. The van der Waals surface area contributed by atoms with Crippen LogP contribution in [0.4, 0.5) is 0 Å². The molecule has 0 saturated heterocycles. The maximum Gasteiger partial charge on any atom is 0.118 e. The van der Waals surface area contributed by atoms with Gasteiger partial charge in [0.15, 0.2) is 0 Å². The van der Waals surface area contributed by atoms with E-state index in [2.05, 4.69) is 4.98 Å². The molecule has 1 aromatic heterocycles. The number of hydrogen-bond donors (Lipinski definition) is 1. The van der Waals surface area contributed by atoms with Crippen molar-refractivity contribution < 1.29 is 4.74 Å². The van der Waals surface area contributed by atoms with Gasteiger partial charge < -0.3 is 10.5 Å². The van der Waals surface area contributed by atoms with E-state index < -0.39 is 0 Å². The van der Waals surface area contributed by atoms with Crippen LogP contribution in [0.25, 0.3) is 0 Å². The normalized spacial score (nSPS) is 12.2. The largest absolute Gasteiger partial charge is 0.497 e. The van der Waals surface area contributed by atoms with Crippen molar-refractivity contribution in [2.24, 2.45) is 5.73 Å². The van der Waals surface area contributed by atoms with Crippen LogP contribution in [0.3, 0.4) is 0 Å². The van der Waals surface area contributed by atoms with E-state index >= 15 is 0 Å². The van der Waals surface area contributed by atoms with Crippen LogP contribution in [0, 0.1) is 0 Å². The molecule has 0 saturated carbocycles. The van der Waals surface area contributed by atoms with Gasteiger partial charge in [0, 0.05) is 22.7 Å². The molecule has 1 atom stereocenters. The fourth-order valence-electron chi connectivity index (χ4n) is 1.59. The van der Waals surface area contributed by atoms with Crippen LogP contribution in [0.2, 0.25) is 0 Å².